The molecule has 1 atom stereocenters. The first-order chi connectivity index (χ1) is 13.7. The van der Waals surface area contributed by atoms with Gasteiger partial charge in [0.15, 0.2) is 5.96 Å². The Balaban J connectivity index is 0.00000420. The lowest BCUT2D eigenvalue weighted by atomic mass is 10.1. The van der Waals surface area contributed by atoms with Crippen LogP contribution in [-0.2, 0) is 19.5 Å². The number of benzene rings is 1. The molecule has 1 unspecified atom stereocenters. The molecule has 0 saturated carbocycles. The zero-order valence-electron chi connectivity index (χ0n) is 18.1. The second-order valence-corrected chi connectivity index (χ2v) is 7.27. The van der Waals surface area contributed by atoms with Crippen molar-refractivity contribution in [1.82, 2.24) is 25.4 Å². The van der Waals surface area contributed by atoms with E-state index < -0.39 is 0 Å². The summed E-state index contributed by atoms with van der Waals surface area (Å²) in [7, 11) is 0. The van der Waals surface area contributed by atoms with Gasteiger partial charge in [-0.05, 0) is 18.9 Å². The van der Waals surface area contributed by atoms with E-state index in [1.807, 2.05) is 6.07 Å². The van der Waals surface area contributed by atoms with Crippen LogP contribution in [0.25, 0.3) is 0 Å². The number of nitrogens with zero attached hydrogens (tertiary/aromatic N) is 4. The largest absolute Gasteiger partial charge is 0.355 e. The van der Waals surface area contributed by atoms with E-state index in [1.54, 1.807) is 6.33 Å². The minimum atomic E-state index is 0. The normalized spacial score (nSPS) is 12.3. The average Bonchev–Trinajstić information content (AvgIpc) is 3.17. The fourth-order valence-electron chi connectivity index (χ4n) is 3.12. The van der Waals surface area contributed by atoms with Crippen molar-refractivity contribution < 1.29 is 0 Å². The summed E-state index contributed by atoms with van der Waals surface area (Å²) in [5.41, 5.74) is 1.21. The predicted molar refractivity (Wildman–Crippen MR) is 132 cm³/mol. The average molecular weight is 512 g/mol. The molecule has 1 heterocycles. The third-order valence-electron chi connectivity index (χ3n) is 4.79. The maximum atomic E-state index is 4.79. The number of aliphatic imine (C=N–C) groups is 1. The molecule has 7 heteroatoms. The molecule has 6 nitrogen and oxygen atoms in total. The molecule has 0 aliphatic rings. The topological polar surface area (TPSA) is 67.1 Å². The molecule has 0 bridgehead atoms. The number of nitrogens with one attached hydrogen (secondary N) is 2. The van der Waals surface area contributed by atoms with Crippen molar-refractivity contribution in [3.05, 3.63) is 48.0 Å². The van der Waals surface area contributed by atoms with E-state index in [0.29, 0.717) is 12.6 Å². The van der Waals surface area contributed by atoms with E-state index >= 15 is 0 Å². The van der Waals surface area contributed by atoms with Crippen LogP contribution in [-0.4, -0.2) is 33.3 Å². The molecule has 0 radical (unpaired) electrons. The molecule has 0 amide bonds. The van der Waals surface area contributed by atoms with Gasteiger partial charge in [0.05, 0.1) is 6.54 Å². The van der Waals surface area contributed by atoms with Gasteiger partial charge in [-0.3, -0.25) is 0 Å². The first-order valence-electron chi connectivity index (χ1n) is 10.7. The van der Waals surface area contributed by atoms with Crippen molar-refractivity contribution in [1.29, 1.82) is 0 Å². The van der Waals surface area contributed by atoms with Crippen molar-refractivity contribution in [2.24, 2.45) is 4.99 Å². The van der Waals surface area contributed by atoms with Crippen LogP contribution in [0.15, 0.2) is 41.7 Å². The number of aryl methyl sites for hydroxylation is 1. The summed E-state index contributed by atoms with van der Waals surface area (Å²) in [6.45, 7) is 8.87. The Morgan fingerprint density at radius 1 is 1.14 bits per heavy atom. The highest BCUT2D eigenvalue weighted by Crippen LogP contribution is 2.06. The molecular formula is C22H37IN6. The zero-order valence-corrected chi connectivity index (χ0v) is 20.4. The molecule has 2 N–H and O–H groups in total. The molecule has 1 aromatic heterocycles. The van der Waals surface area contributed by atoms with Crippen molar-refractivity contribution >= 4 is 29.9 Å². The first-order valence-corrected chi connectivity index (χ1v) is 10.7. The van der Waals surface area contributed by atoms with Crippen LogP contribution in [0.2, 0.25) is 0 Å². The summed E-state index contributed by atoms with van der Waals surface area (Å²) in [6, 6.07) is 10.8. The minimum absolute atomic E-state index is 0. The van der Waals surface area contributed by atoms with E-state index in [-0.39, 0.29) is 24.0 Å². The van der Waals surface area contributed by atoms with Crippen molar-refractivity contribution in [3.63, 3.8) is 0 Å². The Kier molecular flexibility index (Phi) is 13.3. The predicted octanol–water partition coefficient (Wildman–Crippen LogP) is 4.55. The maximum Gasteiger partial charge on any atom is 0.191 e. The summed E-state index contributed by atoms with van der Waals surface area (Å²) in [5.74, 6) is 1.89. The van der Waals surface area contributed by atoms with Gasteiger partial charge < -0.3 is 15.2 Å². The van der Waals surface area contributed by atoms with Crippen molar-refractivity contribution in [2.45, 2.75) is 78.4 Å². The Labute approximate surface area is 193 Å². The fraction of sp³-hybridized carbons (Fsp3) is 0.591. The van der Waals surface area contributed by atoms with Gasteiger partial charge in [-0.25, -0.2) is 4.99 Å². The number of unbranched alkanes of at least 4 members (excludes halogenated alkanes) is 3. The molecule has 2 aromatic rings. The highest BCUT2D eigenvalue weighted by molar-refractivity contribution is 14.0. The molecule has 0 saturated heterocycles. The lowest BCUT2D eigenvalue weighted by Crippen LogP contribution is -2.43. The van der Waals surface area contributed by atoms with Gasteiger partial charge >= 0.3 is 0 Å². The number of aromatic nitrogens is 3. The summed E-state index contributed by atoms with van der Waals surface area (Å²) in [6.07, 6.45) is 9.01. The van der Waals surface area contributed by atoms with Gasteiger partial charge in [-0.1, -0.05) is 69.9 Å². The van der Waals surface area contributed by atoms with E-state index in [1.165, 1.54) is 31.2 Å². The lowest BCUT2D eigenvalue weighted by molar-refractivity contribution is 0.533. The van der Waals surface area contributed by atoms with Crippen LogP contribution in [0.1, 0.15) is 64.3 Å². The van der Waals surface area contributed by atoms with Gasteiger partial charge in [0.2, 0.25) is 0 Å². The molecule has 0 aliphatic carbocycles. The summed E-state index contributed by atoms with van der Waals surface area (Å²) in [4.78, 5) is 4.79. The molecule has 2 rings (SSSR count). The van der Waals surface area contributed by atoms with E-state index in [4.69, 9.17) is 4.99 Å². The number of rotatable bonds is 12. The van der Waals surface area contributed by atoms with E-state index in [2.05, 4.69) is 70.4 Å². The highest BCUT2D eigenvalue weighted by atomic mass is 127. The zero-order chi connectivity index (χ0) is 20.0. The van der Waals surface area contributed by atoms with E-state index in [0.717, 1.165) is 37.7 Å². The number of halogens is 1. The maximum absolute atomic E-state index is 4.79. The molecule has 0 spiro atoms. The van der Waals surface area contributed by atoms with Crippen LogP contribution in [0.5, 0.6) is 0 Å². The van der Waals surface area contributed by atoms with Gasteiger partial charge in [0.1, 0.15) is 12.2 Å². The van der Waals surface area contributed by atoms with Crippen molar-refractivity contribution in [2.75, 3.05) is 6.54 Å². The van der Waals surface area contributed by atoms with Gasteiger partial charge in [0.25, 0.3) is 0 Å². The standard InChI is InChI=1S/C22H36N6.HI/c1-4-6-7-9-12-19(3)26-22(24-17-20-13-10-8-11-14-20)23-15-16-28-18-25-27-21(28)5-2;/h8,10-11,13-14,18-19H,4-7,9,12,15-17H2,1-3H3,(H2,23,24,26);1H. The Hall–Kier alpha value is -1.64. The minimum Gasteiger partial charge on any atom is -0.355 e. The second-order valence-electron chi connectivity index (χ2n) is 7.27. The summed E-state index contributed by atoms with van der Waals surface area (Å²) < 4.78 is 2.09. The number of hydrogen-bond acceptors (Lipinski definition) is 3. The van der Waals surface area contributed by atoms with Crippen LogP contribution in [0.4, 0.5) is 0 Å². The number of hydrogen-bond donors (Lipinski definition) is 2. The Morgan fingerprint density at radius 2 is 1.93 bits per heavy atom. The quantitative estimate of drug-likeness (QED) is 0.190. The Bertz CT molecular complexity index is 686. The van der Waals surface area contributed by atoms with Gasteiger partial charge in [-0.15, -0.1) is 34.2 Å². The summed E-state index contributed by atoms with van der Waals surface area (Å²) >= 11 is 0. The second kappa shape index (κ2) is 15.2. The lowest BCUT2D eigenvalue weighted by Gasteiger charge is -2.19. The molecule has 1 aromatic carbocycles. The monoisotopic (exact) mass is 512 g/mol. The molecule has 0 fully saturated rings. The fourth-order valence-corrected chi connectivity index (χ4v) is 3.12. The van der Waals surface area contributed by atoms with E-state index in [9.17, 15) is 0 Å². The van der Waals surface area contributed by atoms with Crippen LogP contribution >= 0.6 is 24.0 Å². The molecular weight excluding hydrogens is 475 g/mol. The van der Waals surface area contributed by atoms with Crippen LogP contribution in [0.3, 0.4) is 0 Å². The Morgan fingerprint density at radius 3 is 2.66 bits per heavy atom. The molecule has 162 valence electrons. The highest BCUT2D eigenvalue weighted by Gasteiger charge is 2.07. The molecule has 29 heavy (non-hydrogen) atoms. The van der Waals surface area contributed by atoms with Crippen LogP contribution < -0.4 is 10.6 Å². The van der Waals surface area contributed by atoms with Crippen LogP contribution in [0, 0.1) is 0 Å². The first kappa shape index (κ1) is 25.4. The van der Waals surface area contributed by atoms with Gasteiger partial charge in [0, 0.05) is 25.6 Å². The third kappa shape index (κ3) is 10.1. The third-order valence-corrected chi connectivity index (χ3v) is 4.79. The van der Waals surface area contributed by atoms with Crippen molar-refractivity contribution in [3.8, 4) is 0 Å². The van der Waals surface area contributed by atoms with Gasteiger partial charge in [-0.2, -0.15) is 0 Å². The number of guanidine groups is 1. The summed E-state index contributed by atoms with van der Waals surface area (Å²) in [5, 5.41) is 15.2. The molecule has 0 aliphatic heterocycles. The SMILES string of the molecule is CCCCCCC(C)NC(=NCc1ccccc1)NCCn1cnnc1CC.I. The smallest absolute Gasteiger partial charge is 0.191 e.